The lowest BCUT2D eigenvalue weighted by Crippen LogP contribution is -2.43. The van der Waals surface area contributed by atoms with Crippen molar-refractivity contribution in [3.8, 4) is 0 Å². The molecule has 5 aromatic rings. The van der Waals surface area contributed by atoms with Crippen molar-refractivity contribution in [2.45, 2.75) is 126 Å². The first-order valence-electron chi connectivity index (χ1n) is 27.2. The summed E-state index contributed by atoms with van der Waals surface area (Å²) in [6, 6.07) is 28.3. The van der Waals surface area contributed by atoms with E-state index in [0.29, 0.717) is 36.2 Å². The van der Waals surface area contributed by atoms with Gasteiger partial charge in [-0.25, -0.2) is 19.9 Å². The molecule has 3 aromatic carbocycles. The van der Waals surface area contributed by atoms with Crippen LogP contribution in [0.4, 0.5) is 34.6 Å². The molecule has 2 aromatic heterocycles. The summed E-state index contributed by atoms with van der Waals surface area (Å²) in [5.74, 6) is 1.31. The van der Waals surface area contributed by atoms with Crippen LogP contribution in [-0.2, 0) is 10.8 Å². The molecule has 6 fully saturated rings. The van der Waals surface area contributed by atoms with E-state index in [1.54, 1.807) is 12.4 Å². The summed E-state index contributed by atoms with van der Waals surface area (Å²) in [6.07, 6.45) is 17.9. The van der Waals surface area contributed by atoms with Gasteiger partial charge in [-0.05, 0) is 155 Å². The number of Topliss-reactive ketones (excluding diaryl/α,β-unsaturated/α-hetero) is 1. The Bertz CT molecular complexity index is 2750. The normalized spacial score (nSPS) is 22.0. The average Bonchev–Trinajstić information content (AvgIpc) is 4.36. The number of carbonyl (C=O) groups excluding carboxylic acids is 3. The van der Waals surface area contributed by atoms with Crippen LogP contribution in [0, 0.1) is 5.92 Å². The highest BCUT2D eigenvalue weighted by Gasteiger charge is 2.39. The number of carbonyl (C=O) groups is 3. The first-order chi connectivity index (χ1) is 35.8. The Labute approximate surface area is 436 Å². The first kappa shape index (κ1) is 51.0. The average molecular weight is 1000 g/mol. The van der Waals surface area contributed by atoms with Crippen molar-refractivity contribution >= 4 is 52.2 Å². The third-order valence-electron chi connectivity index (χ3n) is 16.8. The van der Waals surface area contributed by atoms with Crippen LogP contribution in [0.25, 0.3) is 0 Å². The third kappa shape index (κ3) is 12.2. The number of benzene rings is 3. The van der Waals surface area contributed by atoms with Crippen molar-refractivity contribution in [3.63, 3.8) is 0 Å². The molecule has 0 unspecified atom stereocenters. The molecule has 2 aliphatic carbocycles. The van der Waals surface area contributed by atoms with Gasteiger partial charge in [0.05, 0.1) is 12.4 Å². The number of hydrogen-bond acceptors (Lipinski definition) is 14. The van der Waals surface area contributed by atoms with Crippen LogP contribution in [0.3, 0.4) is 0 Å². The molecule has 0 spiro atoms. The number of amides is 2. The Morgan fingerprint density at radius 2 is 1.03 bits per heavy atom. The maximum absolute atomic E-state index is 12.8. The van der Waals surface area contributed by atoms with E-state index in [-0.39, 0.29) is 40.0 Å². The van der Waals surface area contributed by atoms with Gasteiger partial charge in [0.15, 0.2) is 28.8 Å². The zero-order chi connectivity index (χ0) is 51.4. The first-order valence-corrected chi connectivity index (χ1v) is 27.2. The minimum absolute atomic E-state index is 0.116. The second-order valence-corrected chi connectivity index (χ2v) is 22.4. The fraction of sp³-hybridized carbons (Fsp3) is 0.500. The molecule has 6 heterocycles. The van der Waals surface area contributed by atoms with Crippen LogP contribution < -0.4 is 37.6 Å². The highest BCUT2D eigenvalue weighted by atomic mass is 16.1. The van der Waals surface area contributed by atoms with Crippen molar-refractivity contribution in [2.75, 3.05) is 72.8 Å². The van der Waals surface area contributed by atoms with Crippen molar-refractivity contribution in [1.82, 2.24) is 29.7 Å². The summed E-state index contributed by atoms with van der Waals surface area (Å²) in [6.45, 7) is 12.6. The van der Waals surface area contributed by atoms with E-state index in [9.17, 15) is 14.4 Å². The highest BCUT2D eigenvalue weighted by molar-refractivity contribution is 5.97. The zero-order valence-corrected chi connectivity index (χ0v) is 43.4. The SMILES string of the molecule is CC1(c2ccc(Nc3nc(N4CCC[C@@H](CC(=O)c5ccccc5)C4)cnc3C(N)=O)cc2)CCN(C2CC2)CC1.CC1(c2ccc(Nc3nc(N4CCC[C@@H](N)C4)cnc3C(N)=O)cc2)CCN(C2CC2)CC1. The van der Waals surface area contributed by atoms with Crippen LogP contribution in [0.15, 0.2) is 91.3 Å². The highest BCUT2D eigenvalue weighted by Crippen LogP contribution is 2.41. The quantitative estimate of drug-likeness (QED) is 0.0627. The Morgan fingerprint density at radius 1 is 0.581 bits per heavy atom. The van der Waals surface area contributed by atoms with E-state index in [2.05, 4.69) is 103 Å². The molecule has 11 rings (SSSR count). The van der Waals surface area contributed by atoms with Gasteiger partial charge in [-0.1, -0.05) is 68.4 Å². The summed E-state index contributed by atoms with van der Waals surface area (Å²) in [4.78, 5) is 64.8. The summed E-state index contributed by atoms with van der Waals surface area (Å²) in [5, 5.41) is 6.58. The summed E-state index contributed by atoms with van der Waals surface area (Å²) in [5.41, 5.74) is 23.2. The fourth-order valence-electron chi connectivity index (χ4n) is 11.7. The molecule has 4 aliphatic heterocycles. The number of anilines is 6. The van der Waals surface area contributed by atoms with E-state index in [0.717, 1.165) is 74.3 Å². The minimum Gasteiger partial charge on any atom is -0.364 e. The van der Waals surface area contributed by atoms with Crippen LogP contribution in [0.1, 0.15) is 140 Å². The monoisotopic (exact) mass is 1000 g/mol. The molecule has 2 amide bonds. The van der Waals surface area contributed by atoms with Crippen LogP contribution >= 0.6 is 0 Å². The Morgan fingerprint density at radius 3 is 1.46 bits per heavy atom. The molecule has 390 valence electrons. The number of nitrogens with two attached hydrogens (primary N) is 3. The number of ketones is 1. The summed E-state index contributed by atoms with van der Waals surface area (Å²) >= 11 is 0. The van der Waals surface area contributed by atoms with Crippen LogP contribution in [-0.4, -0.2) is 118 Å². The number of nitrogens with one attached hydrogen (secondary N) is 2. The van der Waals surface area contributed by atoms with Gasteiger partial charge < -0.3 is 47.4 Å². The van der Waals surface area contributed by atoms with Gasteiger partial charge >= 0.3 is 0 Å². The number of likely N-dealkylation sites (tertiary alicyclic amines) is 2. The maximum Gasteiger partial charge on any atom is 0.271 e. The number of aromatic nitrogens is 4. The van der Waals surface area contributed by atoms with E-state index in [1.165, 1.54) is 88.7 Å². The van der Waals surface area contributed by atoms with Gasteiger partial charge in [0, 0.05) is 67.7 Å². The number of hydrogen-bond donors (Lipinski definition) is 5. The predicted octanol–water partition coefficient (Wildman–Crippen LogP) is 8.09. The van der Waals surface area contributed by atoms with Gasteiger partial charge in [-0.3, -0.25) is 14.4 Å². The summed E-state index contributed by atoms with van der Waals surface area (Å²) in [7, 11) is 0. The van der Waals surface area contributed by atoms with E-state index < -0.39 is 11.8 Å². The second-order valence-electron chi connectivity index (χ2n) is 22.4. The molecule has 4 saturated heterocycles. The molecule has 6 aliphatic rings. The molecule has 16 nitrogen and oxygen atoms in total. The lowest BCUT2D eigenvalue weighted by atomic mass is 9.74. The van der Waals surface area contributed by atoms with Crippen molar-refractivity contribution < 1.29 is 14.4 Å². The molecule has 2 atom stereocenters. The molecule has 2 saturated carbocycles. The molecule has 16 heteroatoms. The van der Waals surface area contributed by atoms with Gasteiger partial charge in [0.1, 0.15) is 11.6 Å². The Kier molecular flexibility index (Phi) is 15.3. The number of rotatable bonds is 15. The van der Waals surface area contributed by atoms with Crippen molar-refractivity contribution in [3.05, 3.63) is 119 Å². The molecule has 0 radical (unpaired) electrons. The standard InChI is InChI=1S/C33H40N6O2.C25H35N7O/c1-33(15-18-38(19-16-33)27-13-14-27)25-9-11-26(12-10-25)36-32-30(31(34)41)35-21-29(37-32)39-17-5-6-23(22-39)20-28(40)24-7-3-2-4-8-24;1-25(10-13-31(14-11-25)20-8-9-20)17-4-6-19(7-5-17)29-24-22(23(27)33)28-15-21(30-24)32-12-2-3-18(26)16-32/h2-4,7-12,21,23,27H,5-6,13-20,22H2,1H3,(H2,34,41)(H,36,37);4-7,15,18,20H,2-3,8-14,16,26H2,1H3,(H2,27,33)(H,29,30)/t23-;18-/m01/s1. The van der Waals surface area contributed by atoms with Crippen molar-refractivity contribution in [2.24, 2.45) is 23.1 Å². The largest absolute Gasteiger partial charge is 0.364 e. The van der Waals surface area contributed by atoms with Gasteiger partial charge in [-0.15, -0.1) is 0 Å². The van der Waals surface area contributed by atoms with Crippen LogP contribution in [0.5, 0.6) is 0 Å². The molecule has 8 N–H and O–H groups in total. The maximum atomic E-state index is 12.8. The number of piperidine rings is 4. The fourth-order valence-corrected chi connectivity index (χ4v) is 11.7. The van der Waals surface area contributed by atoms with Gasteiger partial charge in [0.2, 0.25) is 0 Å². The second kappa shape index (κ2) is 22.2. The zero-order valence-electron chi connectivity index (χ0n) is 43.4. The lowest BCUT2D eigenvalue weighted by molar-refractivity contribution is 0.0953. The number of nitrogens with zero attached hydrogens (tertiary/aromatic N) is 8. The topological polar surface area (TPSA) is 218 Å². The molecule has 74 heavy (non-hydrogen) atoms. The van der Waals surface area contributed by atoms with E-state index in [1.807, 2.05) is 30.3 Å². The summed E-state index contributed by atoms with van der Waals surface area (Å²) < 4.78 is 0. The van der Waals surface area contributed by atoms with E-state index in [4.69, 9.17) is 27.2 Å². The lowest BCUT2D eigenvalue weighted by Gasteiger charge is -2.40. The predicted molar refractivity (Wildman–Crippen MR) is 293 cm³/mol. The molecular weight excluding hydrogens is 927 g/mol. The van der Waals surface area contributed by atoms with Crippen LogP contribution in [0.2, 0.25) is 0 Å². The third-order valence-corrected chi connectivity index (χ3v) is 16.8. The minimum atomic E-state index is -0.622. The molecule has 0 bridgehead atoms. The Hall–Kier alpha value is -6.49. The van der Waals surface area contributed by atoms with Gasteiger partial charge in [-0.2, -0.15) is 0 Å². The van der Waals surface area contributed by atoms with E-state index >= 15 is 0 Å². The smallest absolute Gasteiger partial charge is 0.271 e. The number of primary amides is 2. The molecular formula is C58H75N13O3. The van der Waals surface area contributed by atoms with Crippen molar-refractivity contribution in [1.29, 1.82) is 0 Å². The van der Waals surface area contributed by atoms with Gasteiger partial charge in [0.25, 0.3) is 11.8 Å². The Balaban J connectivity index is 0.000000173.